The largest absolute Gasteiger partial charge is 0.327 e. The van der Waals surface area contributed by atoms with Crippen LogP contribution in [0.25, 0.3) is 0 Å². The molecule has 0 aliphatic heterocycles. The summed E-state index contributed by atoms with van der Waals surface area (Å²) in [5.74, 6) is 0.588. The fourth-order valence-electron chi connectivity index (χ4n) is 0.903. The van der Waals surface area contributed by atoms with Gasteiger partial charge in [0, 0.05) is 0 Å². The average Bonchev–Trinajstić information content (AvgIpc) is 2.19. The Balaban J connectivity index is 2.84. The lowest BCUT2D eigenvalue weighted by Crippen LogP contribution is -2.22. The molecule has 86 valence electrons. The van der Waals surface area contributed by atoms with E-state index < -0.39 is 5.82 Å². The van der Waals surface area contributed by atoms with Crippen molar-refractivity contribution in [3.63, 3.8) is 0 Å². The van der Waals surface area contributed by atoms with E-state index in [2.05, 4.69) is 47.2 Å². The smallest absolute Gasteiger partial charge is 0.190 e. The van der Waals surface area contributed by atoms with Crippen LogP contribution in [0.15, 0.2) is 23.3 Å². The van der Waals surface area contributed by atoms with Crippen molar-refractivity contribution in [1.82, 2.24) is 4.98 Å². The minimum atomic E-state index is -0.399. The van der Waals surface area contributed by atoms with Crippen LogP contribution in [-0.2, 0) is 0 Å². The molecule has 1 unspecified atom stereocenters. The molecule has 0 fully saturated rings. The number of aromatic nitrogens is 1. The fraction of sp³-hybridized carbons (Fsp3) is 0.222. The first-order chi connectivity index (χ1) is 7.49. The van der Waals surface area contributed by atoms with E-state index in [0.29, 0.717) is 11.7 Å². The molecule has 16 heavy (non-hydrogen) atoms. The summed E-state index contributed by atoms with van der Waals surface area (Å²) >= 11 is 6.25. The molecule has 1 aromatic rings. The highest BCUT2D eigenvalue weighted by atomic mass is 79.9. The Morgan fingerprint density at radius 1 is 1.62 bits per heavy atom. The van der Waals surface area contributed by atoms with Gasteiger partial charge in [0.1, 0.15) is 17.5 Å². The third-order valence-corrected chi connectivity index (χ3v) is 2.19. The van der Waals surface area contributed by atoms with Crippen molar-refractivity contribution in [3.8, 4) is 0 Å². The number of hydrogen-bond donors (Lipinski definition) is 2. The van der Waals surface area contributed by atoms with Gasteiger partial charge in [-0.3, -0.25) is 5.41 Å². The molecule has 0 amide bonds. The monoisotopic (exact) mass is 350 g/mol. The third-order valence-electron chi connectivity index (χ3n) is 1.58. The van der Waals surface area contributed by atoms with Gasteiger partial charge >= 0.3 is 0 Å². The number of nitrogens with one attached hydrogen (secondary N) is 2. The first-order valence-corrected chi connectivity index (χ1v) is 6.05. The van der Waals surface area contributed by atoms with Crippen molar-refractivity contribution in [1.29, 1.82) is 5.41 Å². The predicted octanol–water partition coefficient (Wildman–Crippen LogP) is 3.14. The molecule has 0 aliphatic carbocycles. The Labute approximate surface area is 109 Å². The highest BCUT2D eigenvalue weighted by Gasteiger charge is 2.08. The van der Waals surface area contributed by atoms with Crippen LogP contribution in [0.1, 0.15) is 6.92 Å². The topological polar surface area (TPSA) is 61.1 Å². The van der Waals surface area contributed by atoms with Gasteiger partial charge in [0.25, 0.3) is 0 Å². The molecule has 1 atom stereocenters. The quantitative estimate of drug-likeness (QED) is 0.372. The minimum absolute atomic E-state index is 0.00316. The number of halogens is 3. The van der Waals surface area contributed by atoms with E-state index in [9.17, 15) is 4.39 Å². The number of rotatable bonds is 2. The number of hydrogen-bond acceptors (Lipinski definition) is 2. The molecule has 7 heteroatoms. The Hall–Kier alpha value is -0.820. The Kier molecular flexibility index (Phi) is 5.01. The van der Waals surface area contributed by atoms with Gasteiger partial charge in [-0.1, -0.05) is 15.9 Å². The number of pyridine rings is 1. The number of nitrogens with zero attached hydrogens (tertiary/aromatic N) is 2. The number of anilines is 1. The Bertz CT molecular complexity index is 402. The fourth-order valence-corrected chi connectivity index (χ4v) is 1.31. The van der Waals surface area contributed by atoms with Crippen LogP contribution in [0, 0.1) is 11.2 Å². The molecule has 0 bridgehead atoms. The van der Waals surface area contributed by atoms with Crippen LogP contribution in [0.4, 0.5) is 10.2 Å². The van der Waals surface area contributed by atoms with Crippen molar-refractivity contribution in [2.75, 3.05) is 5.32 Å². The van der Waals surface area contributed by atoms with Gasteiger partial charge in [-0.15, -0.1) is 0 Å². The zero-order valence-electron chi connectivity index (χ0n) is 8.34. The lowest BCUT2D eigenvalue weighted by atomic mass is 10.4. The normalized spacial score (nSPS) is 13.4. The summed E-state index contributed by atoms with van der Waals surface area (Å²) in [6.45, 7) is 1.85. The number of amidine groups is 2. The summed E-state index contributed by atoms with van der Waals surface area (Å²) in [4.78, 5) is 7.68. The maximum Gasteiger partial charge on any atom is 0.190 e. The summed E-state index contributed by atoms with van der Waals surface area (Å²) < 4.78 is 12.6. The first kappa shape index (κ1) is 13.2. The molecule has 0 aromatic carbocycles. The second kappa shape index (κ2) is 6.05. The van der Waals surface area contributed by atoms with E-state index in [1.807, 2.05) is 6.92 Å². The second-order valence-corrected chi connectivity index (χ2v) is 5.02. The highest BCUT2D eigenvalue weighted by molar-refractivity contribution is 9.18. The molecule has 2 N–H and O–H groups in total. The predicted molar refractivity (Wildman–Crippen MR) is 70.3 cm³/mol. The first-order valence-electron chi connectivity index (χ1n) is 4.34. The summed E-state index contributed by atoms with van der Waals surface area (Å²) in [7, 11) is 0. The molecule has 0 aliphatic rings. The van der Waals surface area contributed by atoms with Crippen LogP contribution in [-0.4, -0.2) is 20.4 Å². The molecular formula is C9H9Br2FN4. The van der Waals surface area contributed by atoms with E-state index in [1.165, 1.54) is 12.1 Å². The lowest BCUT2D eigenvalue weighted by molar-refractivity contribution is 0.622. The SMILES string of the molecule is CC(Br)/C(=N/C(=N)Br)Nc1ccc(F)cn1. The van der Waals surface area contributed by atoms with Crippen molar-refractivity contribution in [2.24, 2.45) is 4.99 Å². The van der Waals surface area contributed by atoms with Crippen molar-refractivity contribution in [2.45, 2.75) is 11.8 Å². The molecule has 0 spiro atoms. The molecule has 1 aromatic heterocycles. The standard InChI is InChI=1S/C9H9Br2FN4/c1-5(10)8(16-9(11)13)15-7-3-2-6(12)4-14-7/h2-5H,1H3,(H2,13,14,15,16). The maximum atomic E-state index is 12.6. The van der Waals surface area contributed by atoms with Gasteiger partial charge in [-0.05, 0) is 35.0 Å². The van der Waals surface area contributed by atoms with Gasteiger partial charge in [-0.2, -0.15) is 0 Å². The van der Waals surface area contributed by atoms with E-state index >= 15 is 0 Å². The average molecular weight is 352 g/mol. The molecule has 4 nitrogen and oxygen atoms in total. The zero-order chi connectivity index (χ0) is 12.1. The van der Waals surface area contributed by atoms with Crippen molar-refractivity contribution >= 4 is 48.3 Å². The Morgan fingerprint density at radius 3 is 2.75 bits per heavy atom. The zero-order valence-corrected chi connectivity index (χ0v) is 11.5. The van der Waals surface area contributed by atoms with Crippen LogP contribution >= 0.6 is 31.9 Å². The maximum absolute atomic E-state index is 12.6. The van der Waals surface area contributed by atoms with Crippen LogP contribution in [0.2, 0.25) is 0 Å². The van der Waals surface area contributed by atoms with E-state index in [-0.39, 0.29) is 9.57 Å². The Morgan fingerprint density at radius 2 is 2.31 bits per heavy atom. The number of aliphatic imine (C=N–C) groups is 1. The molecule has 1 rings (SSSR count). The van der Waals surface area contributed by atoms with Gasteiger partial charge < -0.3 is 5.32 Å². The van der Waals surface area contributed by atoms with Crippen molar-refractivity contribution in [3.05, 3.63) is 24.1 Å². The van der Waals surface area contributed by atoms with Gasteiger partial charge in [-0.25, -0.2) is 14.4 Å². The van der Waals surface area contributed by atoms with Crippen LogP contribution in [0.5, 0.6) is 0 Å². The van der Waals surface area contributed by atoms with Crippen LogP contribution < -0.4 is 5.32 Å². The molecule has 0 saturated carbocycles. The van der Waals surface area contributed by atoms with E-state index in [4.69, 9.17) is 5.41 Å². The molecule has 1 heterocycles. The van der Waals surface area contributed by atoms with Gasteiger partial charge in [0.15, 0.2) is 4.74 Å². The summed E-state index contributed by atoms with van der Waals surface area (Å²) in [6, 6.07) is 2.80. The van der Waals surface area contributed by atoms with Crippen molar-refractivity contribution < 1.29 is 4.39 Å². The van der Waals surface area contributed by atoms with E-state index in [1.54, 1.807) is 0 Å². The minimum Gasteiger partial charge on any atom is -0.327 e. The molecular weight excluding hydrogens is 343 g/mol. The number of alkyl halides is 1. The summed E-state index contributed by atoms with van der Waals surface area (Å²) in [6.07, 6.45) is 1.11. The van der Waals surface area contributed by atoms with Crippen LogP contribution in [0.3, 0.4) is 0 Å². The second-order valence-electron chi connectivity index (χ2n) is 2.89. The molecule has 0 radical (unpaired) electrons. The van der Waals surface area contributed by atoms with Gasteiger partial charge in [0.05, 0.1) is 11.0 Å². The lowest BCUT2D eigenvalue weighted by Gasteiger charge is -2.10. The van der Waals surface area contributed by atoms with E-state index in [0.717, 1.165) is 6.20 Å². The summed E-state index contributed by atoms with van der Waals surface area (Å²) in [5.41, 5.74) is 0. The highest BCUT2D eigenvalue weighted by Crippen LogP contribution is 2.09. The third kappa shape index (κ3) is 4.36. The molecule has 0 saturated heterocycles. The van der Waals surface area contributed by atoms with Gasteiger partial charge in [0.2, 0.25) is 0 Å². The summed E-state index contributed by atoms with van der Waals surface area (Å²) in [5, 5.41) is 10.1.